The molecular weight excluding hydrogens is 204 g/mol. The number of hydrogen-bond acceptors (Lipinski definition) is 4. The van der Waals surface area contributed by atoms with Crippen molar-refractivity contribution in [3.05, 3.63) is 11.9 Å². The van der Waals surface area contributed by atoms with Crippen LogP contribution in [0.1, 0.15) is 37.4 Å². The zero-order valence-corrected chi connectivity index (χ0v) is 10.0. The van der Waals surface area contributed by atoms with Crippen LogP contribution < -0.4 is 5.32 Å². The van der Waals surface area contributed by atoms with Crippen molar-refractivity contribution >= 4 is 0 Å². The average molecular weight is 224 g/mol. The molecule has 0 bridgehead atoms. The monoisotopic (exact) mass is 224 g/mol. The lowest BCUT2D eigenvalue weighted by molar-refractivity contribution is 0.0504. The van der Waals surface area contributed by atoms with Gasteiger partial charge in [0.1, 0.15) is 0 Å². The van der Waals surface area contributed by atoms with E-state index in [0.717, 1.165) is 18.7 Å². The maximum absolute atomic E-state index is 5.42. The average Bonchev–Trinajstić information content (AvgIpc) is 2.78. The quantitative estimate of drug-likeness (QED) is 0.833. The second-order valence-electron chi connectivity index (χ2n) is 4.40. The van der Waals surface area contributed by atoms with E-state index in [9.17, 15) is 0 Å². The van der Waals surface area contributed by atoms with Crippen LogP contribution in [0.2, 0.25) is 0 Å². The Labute approximate surface area is 96.2 Å². The first-order valence-electron chi connectivity index (χ1n) is 5.91. The zero-order valence-electron chi connectivity index (χ0n) is 10.0. The van der Waals surface area contributed by atoms with Crippen molar-refractivity contribution in [2.75, 3.05) is 14.2 Å². The molecule has 2 unspecified atom stereocenters. The zero-order chi connectivity index (χ0) is 11.4. The molecule has 0 aliphatic heterocycles. The van der Waals surface area contributed by atoms with Gasteiger partial charge in [-0.2, -0.15) is 0 Å². The number of nitrogens with zero attached hydrogens (tertiary/aromatic N) is 3. The first-order valence-corrected chi connectivity index (χ1v) is 5.91. The Morgan fingerprint density at radius 2 is 2.44 bits per heavy atom. The molecule has 1 aromatic rings. The lowest BCUT2D eigenvalue weighted by atomic mass is 9.93. The number of ether oxygens (including phenoxy) is 1. The summed E-state index contributed by atoms with van der Waals surface area (Å²) in [7, 11) is 3.71. The third-order valence-electron chi connectivity index (χ3n) is 3.22. The lowest BCUT2D eigenvalue weighted by Gasteiger charge is -2.27. The van der Waals surface area contributed by atoms with Crippen LogP contribution in [-0.4, -0.2) is 35.3 Å². The van der Waals surface area contributed by atoms with Crippen molar-refractivity contribution < 1.29 is 4.74 Å². The molecule has 0 saturated heterocycles. The Kier molecular flexibility index (Phi) is 3.90. The van der Waals surface area contributed by atoms with E-state index >= 15 is 0 Å². The molecule has 2 atom stereocenters. The summed E-state index contributed by atoms with van der Waals surface area (Å²) in [5.41, 5.74) is 1.00. The highest BCUT2D eigenvalue weighted by Gasteiger charge is 2.23. The minimum atomic E-state index is 0.385. The molecule has 1 aromatic heterocycles. The van der Waals surface area contributed by atoms with Crippen LogP contribution in [0.4, 0.5) is 0 Å². The predicted octanol–water partition coefficient (Wildman–Crippen LogP) is 1.13. The molecule has 2 rings (SSSR count). The molecule has 16 heavy (non-hydrogen) atoms. The summed E-state index contributed by atoms with van der Waals surface area (Å²) in [5, 5.41) is 11.4. The van der Waals surface area contributed by atoms with Gasteiger partial charge in [0.05, 0.1) is 24.0 Å². The van der Waals surface area contributed by atoms with Crippen molar-refractivity contribution in [1.82, 2.24) is 20.3 Å². The second-order valence-corrected chi connectivity index (χ2v) is 4.40. The van der Waals surface area contributed by atoms with Crippen LogP contribution in [0.5, 0.6) is 0 Å². The Morgan fingerprint density at radius 1 is 1.56 bits per heavy atom. The van der Waals surface area contributed by atoms with Gasteiger partial charge in [-0.1, -0.05) is 5.21 Å². The van der Waals surface area contributed by atoms with E-state index in [1.54, 1.807) is 7.11 Å². The minimum Gasteiger partial charge on any atom is -0.381 e. The van der Waals surface area contributed by atoms with E-state index in [1.807, 2.05) is 17.9 Å². The fourth-order valence-corrected chi connectivity index (χ4v) is 2.33. The van der Waals surface area contributed by atoms with Crippen LogP contribution >= 0.6 is 0 Å². The number of methoxy groups -OCH3 is 1. The highest BCUT2D eigenvalue weighted by atomic mass is 16.5. The molecule has 1 fully saturated rings. The topological polar surface area (TPSA) is 52.0 Å². The predicted molar refractivity (Wildman–Crippen MR) is 61.1 cm³/mol. The van der Waals surface area contributed by atoms with Crippen molar-refractivity contribution in [2.45, 2.75) is 44.4 Å². The third-order valence-corrected chi connectivity index (χ3v) is 3.22. The maximum atomic E-state index is 5.42. The summed E-state index contributed by atoms with van der Waals surface area (Å²) in [5.74, 6) is 0. The summed E-state index contributed by atoms with van der Waals surface area (Å²) < 4.78 is 7.42. The minimum absolute atomic E-state index is 0.385. The SMILES string of the molecule is CNCc1cn(C2CCCC(OC)C2)nn1. The largest absolute Gasteiger partial charge is 0.381 e. The van der Waals surface area contributed by atoms with Gasteiger partial charge in [-0.25, -0.2) is 4.68 Å². The summed E-state index contributed by atoms with van der Waals surface area (Å²) in [4.78, 5) is 0. The molecule has 1 N–H and O–H groups in total. The summed E-state index contributed by atoms with van der Waals surface area (Å²) in [6.45, 7) is 0.778. The van der Waals surface area contributed by atoms with Crippen LogP contribution in [0.3, 0.4) is 0 Å². The third kappa shape index (κ3) is 2.59. The number of hydrogen-bond donors (Lipinski definition) is 1. The molecule has 5 heteroatoms. The smallest absolute Gasteiger partial charge is 0.0964 e. The number of nitrogens with one attached hydrogen (secondary N) is 1. The van der Waals surface area contributed by atoms with E-state index in [4.69, 9.17) is 4.74 Å². The van der Waals surface area contributed by atoms with Gasteiger partial charge in [0.2, 0.25) is 0 Å². The van der Waals surface area contributed by atoms with Gasteiger partial charge in [-0.05, 0) is 32.7 Å². The van der Waals surface area contributed by atoms with Gasteiger partial charge in [0.15, 0.2) is 0 Å². The molecular formula is C11H20N4O. The lowest BCUT2D eigenvalue weighted by Crippen LogP contribution is -2.24. The van der Waals surface area contributed by atoms with Crippen LogP contribution in [-0.2, 0) is 11.3 Å². The van der Waals surface area contributed by atoms with Gasteiger partial charge < -0.3 is 10.1 Å². The van der Waals surface area contributed by atoms with Crippen molar-refractivity contribution in [1.29, 1.82) is 0 Å². The van der Waals surface area contributed by atoms with Gasteiger partial charge in [0.25, 0.3) is 0 Å². The molecule has 1 saturated carbocycles. The molecule has 0 amide bonds. The first-order chi connectivity index (χ1) is 7.83. The van der Waals surface area contributed by atoms with E-state index in [0.29, 0.717) is 12.1 Å². The molecule has 90 valence electrons. The van der Waals surface area contributed by atoms with Crippen molar-refractivity contribution in [2.24, 2.45) is 0 Å². The first kappa shape index (κ1) is 11.5. The van der Waals surface area contributed by atoms with Crippen LogP contribution in [0, 0.1) is 0 Å². The molecule has 1 aliphatic carbocycles. The van der Waals surface area contributed by atoms with E-state index < -0.39 is 0 Å². The van der Waals surface area contributed by atoms with E-state index in [-0.39, 0.29) is 0 Å². The normalized spacial score (nSPS) is 25.9. The molecule has 0 spiro atoms. The fourth-order valence-electron chi connectivity index (χ4n) is 2.33. The van der Waals surface area contributed by atoms with Gasteiger partial charge in [-0.3, -0.25) is 0 Å². The van der Waals surface area contributed by atoms with Gasteiger partial charge in [-0.15, -0.1) is 5.10 Å². The molecule has 0 aromatic carbocycles. The Hall–Kier alpha value is -0.940. The van der Waals surface area contributed by atoms with E-state index in [2.05, 4.69) is 15.6 Å². The second kappa shape index (κ2) is 5.41. The van der Waals surface area contributed by atoms with E-state index in [1.165, 1.54) is 19.3 Å². The van der Waals surface area contributed by atoms with Crippen LogP contribution in [0.25, 0.3) is 0 Å². The van der Waals surface area contributed by atoms with Gasteiger partial charge in [0, 0.05) is 13.7 Å². The molecule has 5 nitrogen and oxygen atoms in total. The number of rotatable bonds is 4. The van der Waals surface area contributed by atoms with Crippen LogP contribution in [0.15, 0.2) is 6.20 Å². The molecule has 1 heterocycles. The summed E-state index contributed by atoms with van der Waals surface area (Å²) in [6, 6.07) is 0.455. The fraction of sp³-hybridized carbons (Fsp3) is 0.818. The molecule has 0 radical (unpaired) electrons. The van der Waals surface area contributed by atoms with Gasteiger partial charge >= 0.3 is 0 Å². The number of aromatic nitrogens is 3. The Morgan fingerprint density at radius 3 is 3.19 bits per heavy atom. The summed E-state index contributed by atoms with van der Waals surface area (Å²) in [6.07, 6.45) is 7.05. The summed E-state index contributed by atoms with van der Waals surface area (Å²) >= 11 is 0. The maximum Gasteiger partial charge on any atom is 0.0964 e. The molecule has 1 aliphatic rings. The van der Waals surface area contributed by atoms with Crippen molar-refractivity contribution in [3.63, 3.8) is 0 Å². The standard InChI is InChI=1S/C11H20N4O/c1-12-7-9-8-15(14-13-9)10-4-3-5-11(6-10)16-2/h8,10-12H,3-7H2,1-2H3. The highest BCUT2D eigenvalue weighted by molar-refractivity contribution is 4.93. The van der Waals surface area contributed by atoms with Crippen molar-refractivity contribution in [3.8, 4) is 0 Å². The highest BCUT2D eigenvalue weighted by Crippen LogP contribution is 2.29. The Bertz CT molecular complexity index is 326. The Balaban J connectivity index is 1.99.